The highest BCUT2D eigenvalue weighted by molar-refractivity contribution is 5.54. The number of aromatic nitrogens is 3. The quantitative estimate of drug-likeness (QED) is 0.460. The van der Waals surface area contributed by atoms with Crippen molar-refractivity contribution >= 4 is 11.5 Å². The zero-order chi connectivity index (χ0) is 12.8. The molecule has 0 atom stereocenters. The number of nitrogens with one attached hydrogen (secondary N) is 2. The summed E-state index contributed by atoms with van der Waals surface area (Å²) in [5, 5.41) is 20.4. The monoisotopic (exact) mass is 247 g/mol. The third-order valence-corrected chi connectivity index (χ3v) is 2.46. The molecule has 7 nitrogen and oxygen atoms in total. The number of hydrogen-bond donors (Lipinski definition) is 2. The predicted molar refractivity (Wildman–Crippen MR) is 66.3 cm³/mol. The molecular formula is C11H13N5O2. The first-order chi connectivity index (χ1) is 8.77. The van der Waals surface area contributed by atoms with E-state index in [1.165, 1.54) is 12.3 Å². The minimum atomic E-state index is -0.440. The molecule has 0 aliphatic rings. The summed E-state index contributed by atoms with van der Waals surface area (Å²) in [6.07, 6.45) is 4.92. The van der Waals surface area contributed by atoms with Crippen LogP contribution in [0.15, 0.2) is 30.6 Å². The Balaban J connectivity index is 1.85. The van der Waals surface area contributed by atoms with Crippen LogP contribution in [0.2, 0.25) is 0 Å². The third kappa shape index (κ3) is 3.03. The lowest BCUT2D eigenvalue weighted by atomic mass is 10.2. The van der Waals surface area contributed by atoms with Crippen LogP contribution >= 0.6 is 0 Å². The first kappa shape index (κ1) is 12.0. The van der Waals surface area contributed by atoms with Gasteiger partial charge in [-0.25, -0.2) is 4.98 Å². The highest BCUT2D eigenvalue weighted by Crippen LogP contribution is 2.19. The average Bonchev–Trinajstić information content (AvgIpc) is 2.88. The molecule has 0 radical (unpaired) electrons. The topological polar surface area (TPSA) is 96.7 Å². The molecule has 94 valence electrons. The molecule has 0 spiro atoms. The Labute approximate surface area is 103 Å². The van der Waals surface area contributed by atoms with Gasteiger partial charge in [-0.2, -0.15) is 5.10 Å². The number of nitrogens with zero attached hydrogens (tertiary/aromatic N) is 3. The molecular weight excluding hydrogens is 234 g/mol. The minimum absolute atomic E-state index is 0.000889. The van der Waals surface area contributed by atoms with Crippen LogP contribution in [0, 0.1) is 10.1 Å². The molecule has 7 heteroatoms. The van der Waals surface area contributed by atoms with E-state index in [0.29, 0.717) is 12.4 Å². The van der Waals surface area contributed by atoms with Crippen LogP contribution in [-0.2, 0) is 6.42 Å². The smallest absolute Gasteiger partial charge is 0.311 e. The van der Waals surface area contributed by atoms with Crippen LogP contribution in [-0.4, -0.2) is 26.6 Å². The predicted octanol–water partition coefficient (Wildman–Crippen LogP) is 1.76. The van der Waals surface area contributed by atoms with E-state index in [0.717, 1.165) is 18.5 Å². The zero-order valence-corrected chi connectivity index (χ0v) is 9.67. The number of aromatic amines is 1. The number of aryl methyl sites for hydroxylation is 1. The van der Waals surface area contributed by atoms with E-state index in [1.54, 1.807) is 12.3 Å². The van der Waals surface area contributed by atoms with Crippen molar-refractivity contribution in [1.82, 2.24) is 15.2 Å². The number of anilines is 1. The number of H-pyrrole nitrogens is 1. The van der Waals surface area contributed by atoms with Gasteiger partial charge in [0, 0.05) is 30.7 Å². The van der Waals surface area contributed by atoms with Crippen molar-refractivity contribution in [3.8, 4) is 0 Å². The van der Waals surface area contributed by atoms with Gasteiger partial charge < -0.3 is 5.32 Å². The van der Waals surface area contributed by atoms with Crippen molar-refractivity contribution in [2.24, 2.45) is 0 Å². The molecule has 2 heterocycles. The second-order valence-corrected chi connectivity index (χ2v) is 3.74. The first-order valence-electron chi connectivity index (χ1n) is 5.59. The van der Waals surface area contributed by atoms with Crippen LogP contribution < -0.4 is 5.32 Å². The highest BCUT2D eigenvalue weighted by atomic mass is 16.6. The molecule has 2 aromatic rings. The molecule has 0 saturated heterocycles. The Morgan fingerprint density at radius 1 is 1.39 bits per heavy atom. The van der Waals surface area contributed by atoms with Crippen LogP contribution in [0.4, 0.5) is 11.5 Å². The molecule has 0 amide bonds. The summed E-state index contributed by atoms with van der Waals surface area (Å²) in [7, 11) is 0. The average molecular weight is 247 g/mol. The van der Waals surface area contributed by atoms with Crippen LogP contribution in [0.3, 0.4) is 0 Å². The van der Waals surface area contributed by atoms with Crippen LogP contribution in [0.25, 0.3) is 0 Å². The molecule has 18 heavy (non-hydrogen) atoms. The summed E-state index contributed by atoms with van der Waals surface area (Å²) in [5.41, 5.74) is 1.05. The number of rotatable bonds is 6. The van der Waals surface area contributed by atoms with Crippen molar-refractivity contribution in [1.29, 1.82) is 0 Å². The van der Waals surface area contributed by atoms with Gasteiger partial charge in [0.05, 0.1) is 4.92 Å². The van der Waals surface area contributed by atoms with Gasteiger partial charge in [-0.3, -0.25) is 15.2 Å². The van der Waals surface area contributed by atoms with Gasteiger partial charge in [-0.1, -0.05) is 0 Å². The fourth-order valence-electron chi connectivity index (χ4n) is 1.59. The van der Waals surface area contributed by atoms with Crippen molar-refractivity contribution in [3.63, 3.8) is 0 Å². The summed E-state index contributed by atoms with van der Waals surface area (Å²) in [5.74, 6) is 0.312. The van der Waals surface area contributed by atoms with Crippen molar-refractivity contribution in [2.45, 2.75) is 12.8 Å². The maximum absolute atomic E-state index is 10.8. The summed E-state index contributed by atoms with van der Waals surface area (Å²) < 4.78 is 0. The largest absolute Gasteiger partial charge is 0.364 e. The molecule has 0 aliphatic carbocycles. The standard InChI is InChI=1S/C11H13N5O2/c17-16(18)10-4-2-7-13-11(10)12-6-1-3-9-5-8-14-15-9/h2,4-5,7-8H,1,3,6H2,(H,12,13)(H,14,15). The zero-order valence-electron chi connectivity index (χ0n) is 9.67. The number of pyridine rings is 1. The Morgan fingerprint density at radius 3 is 3.00 bits per heavy atom. The summed E-state index contributed by atoms with van der Waals surface area (Å²) in [6, 6.07) is 4.89. The van der Waals surface area contributed by atoms with Crippen molar-refractivity contribution < 1.29 is 4.92 Å². The summed E-state index contributed by atoms with van der Waals surface area (Å²) in [4.78, 5) is 14.3. The maximum Gasteiger partial charge on any atom is 0.311 e. The molecule has 2 N–H and O–H groups in total. The fourth-order valence-corrected chi connectivity index (χ4v) is 1.59. The highest BCUT2D eigenvalue weighted by Gasteiger charge is 2.12. The van der Waals surface area contributed by atoms with Crippen molar-refractivity contribution in [2.75, 3.05) is 11.9 Å². The molecule has 0 saturated carbocycles. The van der Waals surface area contributed by atoms with E-state index in [1.807, 2.05) is 6.07 Å². The van der Waals surface area contributed by atoms with Crippen LogP contribution in [0.5, 0.6) is 0 Å². The van der Waals surface area contributed by atoms with Gasteiger partial charge in [-0.05, 0) is 25.0 Å². The van der Waals surface area contributed by atoms with E-state index in [2.05, 4.69) is 20.5 Å². The van der Waals surface area contributed by atoms with E-state index >= 15 is 0 Å². The van der Waals surface area contributed by atoms with Gasteiger partial charge in [0.2, 0.25) is 5.82 Å². The molecule has 0 bridgehead atoms. The second kappa shape index (κ2) is 5.76. The molecule has 0 aromatic carbocycles. The van der Waals surface area contributed by atoms with Gasteiger partial charge in [0.15, 0.2) is 0 Å². The van der Waals surface area contributed by atoms with E-state index in [9.17, 15) is 10.1 Å². The molecule has 0 unspecified atom stereocenters. The summed E-state index contributed by atoms with van der Waals surface area (Å²) in [6.45, 7) is 0.622. The van der Waals surface area contributed by atoms with Gasteiger partial charge >= 0.3 is 5.69 Å². The Bertz CT molecular complexity index is 512. The SMILES string of the molecule is O=[N+]([O-])c1cccnc1NCCCc1ccn[nH]1. The van der Waals surface area contributed by atoms with Crippen molar-refractivity contribution in [3.05, 3.63) is 46.4 Å². The lowest BCUT2D eigenvalue weighted by molar-refractivity contribution is -0.384. The number of hydrogen-bond acceptors (Lipinski definition) is 5. The van der Waals surface area contributed by atoms with E-state index < -0.39 is 4.92 Å². The normalized spacial score (nSPS) is 10.2. The Kier molecular flexibility index (Phi) is 3.85. The Morgan fingerprint density at radius 2 is 2.28 bits per heavy atom. The summed E-state index contributed by atoms with van der Waals surface area (Å²) >= 11 is 0. The first-order valence-corrected chi connectivity index (χ1v) is 5.59. The van der Waals surface area contributed by atoms with Gasteiger partial charge in [0.1, 0.15) is 0 Å². The fraction of sp³-hybridized carbons (Fsp3) is 0.273. The molecule has 2 rings (SSSR count). The van der Waals surface area contributed by atoms with Gasteiger partial charge in [-0.15, -0.1) is 0 Å². The number of nitro groups is 1. The second-order valence-electron chi connectivity index (χ2n) is 3.74. The lowest BCUT2D eigenvalue weighted by Gasteiger charge is -2.04. The van der Waals surface area contributed by atoms with Gasteiger partial charge in [0.25, 0.3) is 0 Å². The minimum Gasteiger partial charge on any atom is -0.364 e. The maximum atomic E-state index is 10.8. The van der Waals surface area contributed by atoms with Crippen LogP contribution in [0.1, 0.15) is 12.1 Å². The molecule has 0 aliphatic heterocycles. The van der Waals surface area contributed by atoms with E-state index in [4.69, 9.17) is 0 Å². The lowest BCUT2D eigenvalue weighted by Crippen LogP contribution is -2.07. The Hall–Kier alpha value is -2.44. The molecule has 0 fully saturated rings. The molecule has 2 aromatic heterocycles. The third-order valence-electron chi connectivity index (χ3n) is 2.46. The van der Waals surface area contributed by atoms with E-state index in [-0.39, 0.29) is 5.69 Å².